The predicted octanol–water partition coefficient (Wildman–Crippen LogP) is 3.36. The number of aromatic amines is 2. The summed E-state index contributed by atoms with van der Waals surface area (Å²) in [6, 6.07) is 15.9. The molecule has 0 aliphatic carbocycles. The van der Waals surface area contributed by atoms with Crippen molar-refractivity contribution in [2.45, 2.75) is 13.3 Å². The van der Waals surface area contributed by atoms with Gasteiger partial charge in [0.2, 0.25) is 0 Å². The molecule has 0 aliphatic rings. The van der Waals surface area contributed by atoms with E-state index in [-0.39, 0.29) is 11.1 Å². The number of hydrogen-bond donors (Lipinski definition) is 2. The molecule has 0 atom stereocenters. The molecule has 2 heterocycles. The summed E-state index contributed by atoms with van der Waals surface area (Å²) >= 11 is 5.40. The van der Waals surface area contributed by atoms with Crippen molar-refractivity contribution in [1.82, 2.24) is 19.5 Å². The van der Waals surface area contributed by atoms with E-state index in [1.807, 2.05) is 31.2 Å². The summed E-state index contributed by atoms with van der Waals surface area (Å²) in [5.74, 6) is 0.463. The van der Waals surface area contributed by atoms with Crippen molar-refractivity contribution in [2.75, 3.05) is 0 Å². The number of rotatable bonds is 3. The monoisotopic (exact) mass is 376 g/mol. The van der Waals surface area contributed by atoms with Crippen LogP contribution in [-0.4, -0.2) is 19.5 Å². The molecule has 0 amide bonds. The summed E-state index contributed by atoms with van der Waals surface area (Å²) < 4.78 is 1.75. The van der Waals surface area contributed by atoms with Crippen molar-refractivity contribution >= 4 is 23.1 Å². The number of fused-ring (bicyclic) bond motifs is 1. The van der Waals surface area contributed by atoms with Crippen LogP contribution in [0, 0.1) is 4.77 Å². The quantitative estimate of drug-likeness (QED) is 0.537. The van der Waals surface area contributed by atoms with Crippen LogP contribution in [0.5, 0.6) is 0 Å². The van der Waals surface area contributed by atoms with Crippen LogP contribution in [0.2, 0.25) is 0 Å². The molecule has 0 saturated heterocycles. The second-order valence-corrected chi connectivity index (χ2v) is 6.49. The Morgan fingerprint density at radius 3 is 2.67 bits per heavy atom. The minimum atomic E-state index is -0.206. The maximum Gasteiger partial charge on any atom is 0.266 e. The van der Waals surface area contributed by atoms with Crippen LogP contribution in [0.4, 0.5) is 0 Å². The van der Waals surface area contributed by atoms with Crippen LogP contribution in [0.25, 0.3) is 28.0 Å². The van der Waals surface area contributed by atoms with Gasteiger partial charge in [0, 0.05) is 17.3 Å². The summed E-state index contributed by atoms with van der Waals surface area (Å²) in [4.78, 5) is 35.1. The Balaban J connectivity index is 1.93. The van der Waals surface area contributed by atoms with Crippen LogP contribution >= 0.6 is 12.2 Å². The lowest BCUT2D eigenvalue weighted by Crippen LogP contribution is -2.20. The lowest BCUT2D eigenvalue weighted by Gasteiger charge is -2.10. The van der Waals surface area contributed by atoms with Crippen LogP contribution in [0.3, 0.4) is 0 Å². The van der Waals surface area contributed by atoms with Gasteiger partial charge in [-0.25, -0.2) is 4.98 Å². The number of nitrogens with zero attached hydrogens (tertiary/aromatic N) is 2. The van der Waals surface area contributed by atoms with E-state index in [9.17, 15) is 9.59 Å². The summed E-state index contributed by atoms with van der Waals surface area (Å²) in [6.07, 6.45) is 0.659. The van der Waals surface area contributed by atoms with Gasteiger partial charge in [0.05, 0.1) is 16.6 Å². The summed E-state index contributed by atoms with van der Waals surface area (Å²) in [6.45, 7) is 1.94. The fourth-order valence-corrected chi connectivity index (χ4v) is 3.31. The van der Waals surface area contributed by atoms with E-state index in [4.69, 9.17) is 12.2 Å². The Morgan fingerprint density at radius 2 is 1.85 bits per heavy atom. The summed E-state index contributed by atoms with van der Waals surface area (Å²) in [5, 5.41) is 0.552. The maximum absolute atomic E-state index is 13.0. The van der Waals surface area contributed by atoms with Crippen molar-refractivity contribution in [3.8, 4) is 17.1 Å². The molecule has 4 rings (SSSR count). The van der Waals surface area contributed by atoms with E-state index >= 15 is 0 Å². The Morgan fingerprint density at radius 1 is 1.04 bits per heavy atom. The van der Waals surface area contributed by atoms with Gasteiger partial charge in [-0.2, -0.15) is 0 Å². The van der Waals surface area contributed by atoms with Crippen molar-refractivity contribution in [2.24, 2.45) is 0 Å². The second kappa shape index (κ2) is 6.77. The summed E-state index contributed by atoms with van der Waals surface area (Å²) in [5.41, 5.74) is 2.31. The van der Waals surface area contributed by atoms with E-state index in [0.29, 0.717) is 44.9 Å². The van der Waals surface area contributed by atoms with Gasteiger partial charge in [-0.3, -0.25) is 14.2 Å². The van der Waals surface area contributed by atoms with Gasteiger partial charge in [0.25, 0.3) is 11.1 Å². The molecule has 0 unspecified atom stereocenters. The molecule has 0 saturated carbocycles. The molecular formula is C20H16N4O2S. The van der Waals surface area contributed by atoms with Crippen LogP contribution in [0.1, 0.15) is 12.6 Å². The Bertz CT molecular complexity index is 1330. The Hall–Kier alpha value is -3.32. The molecule has 0 fully saturated rings. The van der Waals surface area contributed by atoms with Crippen molar-refractivity contribution in [3.63, 3.8) is 0 Å². The first-order valence-corrected chi connectivity index (χ1v) is 8.93. The highest BCUT2D eigenvalue weighted by atomic mass is 32.1. The zero-order valence-electron chi connectivity index (χ0n) is 14.5. The normalized spacial score (nSPS) is 11.0. The molecule has 2 aromatic heterocycles. The molecule has 27 heavy (non-hydrogen) atoms. The lowest BCUT2D eigenvalue weighted by molar-refractivity contribution is 0.938. The largest absolute Gasteiger partial charge is 0.331 e. The second-order valence-electron chi connectivity index (χ2n) is 6.11. The average molecular weight is 376 g/mol. The van der Waals surface area contributed by atoms with E-state index in [2.05, 4.69) is 15.0 Å². The smallest absolute Gasteiger partial charge is 0.266 e. The molecule has 2 N–H and O–H groups in total. The van der Waals surface area contributed by atoms with Gasteiger partial charge in [0.1, 0.15) is 5.82 Å². The predicted molar refractivity (Wildman–Crippen MR) is 108 cm³/mol. The van der Waals surface area contributed by atoms with E-state index in [0.717, 1.165) is 0 Å². The fraction of sp³-hybridized carbons (Fsp3) is 0.100. The third-order valence-electron chi connectivity index (χ3n) is 4.34. The van der Waals surface area contributed by atoms with Crippen LogP contribution in [0.15, 0.2) is 64.2 Å². The number of benzene rings is 2. The minimum Gasteiger partial charge on any atom is -0.331 e. The molecule has 0 bridgehead atoms. The SMILES string of the molecule is CCc1cc(=O)[nH]c(-c2cccc(-n3c(=S)[nH]c4ccccc4c3=O)c2)n1. The molecule has 0 aliphatic heterocycles. The van der Waals surface area contributed by atoms with Crippen molar-refractivity contribution in [3.05, 3.63) is 85.8 Å². The van der Waals surface area contributed by atoms with Crippen molar-refractivity contribution in [1.29, 1.82) is 0 Å². The Labute approximate surface area is 159 Å². The lowest BCUT2D eigenvalue weighted by atomic mass is 10.1. The third-order valence-corrected chi connectivity index (χ3v) is 4.62. The molecule has 6 nitrogen and oxygen atoms in total. The topological polar surface area (TPSA) is 83.5 Å². The number of H-pyrrole nitrogens is 2. The highest BCUT2D eigenvalue weighted by Crippen LogP contribution is 2.18. The summed E-state index contributed by atoms with van der Waals surface area (Å²) in [7, 11) is 0. The van der Waals surface area contributed by atoms with Gasteiger partial charge < -0.3 is 9.97 Å². The molecule has 134 valence electrons. The highest BCUT2D eigenvalue weighted by molar-refractivity contribution is 7.71. The molecular weight excluding hydrogens is 360 g/mol. The number of para-hydroxylation sites is 1. The minimum absolute atomic E-state index is 0.199. The van der Waals surface area contributed by atoms with Gasteiger partial charge in [0.15, 0.2) is 4.77 Å². The zero-order valence-corrected chi connectivity index (χ0v) is 15.3. The first kappa shape index (κ1) is 17.1. The van der Waals surface area contributed by atoms with Gasteiger partial charge >= 0.3 is 0 Å². The van der Waals surface area contributed by atoms with Crippen LogP contribution < -0.4 is 11.1 Å². The standard InChI is InChI=1S/C20H16N4O2S/c1-2-13-11-17(25)23-18(21-13)12-6-5-7-14(10-12)24-19(26)15-8-3-4-9-16(15)22-20(24)27/h3-11H,2H2,1H3,(H,22,27)(H,21,23,25). The number of nitrogens with one attached hydrogen (secondary N) is 2. The van der Waals surface area contributed by atoms with Gasteiger partial charge in [-0.15, -0.1) is 0 Å². The first-order valence-electron chi connectivity index (χ1n) is 8.52. The number of aromatic nitrogens is 4. The number of hydrogen-bond acceptors (Lipinski definition) is 4. The first-order chi connectivity index (χ1) is 13.1. The molecule has 0 spiro atoms. The van der Waals surface area contributed by atoms with E-state index < -0.39 is 0 Å². The molecule has 7 heteroatoms. The van der Waals surface area contributed by atoms with E-state index in [1.54, 1.807) is 24.3 Å². The Kier molecular flexibility index (Phi) is 4.29. The van der Waals surface area contributed by atoms with Gasteiger partial charge in [-0.05, 0) is 42.9 Å². The third kappa shape index (κ3) is 3.13. The van der Waals surface area contributed by atoms with Gasteiger partial charge in [-0.1, -0.05) is 31.2 Å². The molecule has 0 radical (unpaired) electrons. The number of aryl methyl sites for hydroxylation is 1. The fourth-order valence-electron chi connectivity index (χ4n) is 3.01. The molecule has 2 aromatic carbocycles. The van der Waals surface area contributed by atoms with Crippen molar-refractivity contribution < 1.29 is 0 Å². The highest BCUT2D eigenvalue weighted by Gasteiger charge is 2.10. The average Bonchev–Trinajstić information content (AvgIpc) is 2.68. The zero-order chi connectivity index (χ0) is 19.0. The van der Waals surface area contributed by atoms with E-state index in [1.165, 1.54) is 10.6 Å². The van der Waals surface area contributed by atoms with Crippen LogP contribution in [-0.2, 0) is 6.42 Å². The maximum atomic E-state index is 13.0. The molecule has 4 aromatic rings.